The number of hydrogen-bond donors (Lipinski definition) is 0. The van der Waals surface area contributed by atoms with Gasteiger partial charge in [-0.2, -0.15) is 4.31 Å². The predicted octanol–water partition coefficient (Wildman–Crippen LogP) is 3.38. The maximum absolute atomic E-state index is 13.1. The molecule has 0 N–H and O–H groups in total. The number of benzene rings is 1. The largest absolute Gasteiger partial charge is 0.352 e. The van der Waals surface area contributed by atoms with E-state index in [1.807, 2.05) is 4.90 Å². The molecule has 1 aliphatic rings. The molecule has 10 heteroatoms. The van der Waals surface area contributed by atoms with Gasteiger partial charge in [-0.1, -0.05) is 37.0 Å². The van der Waals surface area contributed by atoms with Crippen molar-refractivity contribution >= 4 is 45.0 Å². The van der Waals surface area contributed by atoms with Gasteiger partial charge in [-0.15, -0.1) is 0 Å². The molecular formula is C20H24Cl2N4O3S. The van der Waals surface area contributed by atoms with Crippen molar-refractivity contribution in [3.05, 3.63) is 52.1 Å². The van der Waals surface area contributed by atoms with Crippen molar-refractivity contribution < 1.29 is 13.2 Å². The molecule has 0 aliphatic carbocycles. The van der Waals surface area contributed by atoms with E-state index in [-0.39, 0.29) is 21.4 Å². The molecule has 0 spiro atoms. The van der Waals surface area contributed by atoms with Crippen LogP contribution in [0, 0.1) is 0 Å². The molecule has 0 saturated carbocycles. The average Bonchev–Trinajstić information content (AvgIpc) is 2.74. The topological polar surface area (TPSA) is 73.8 Å². The number of aromatic nitrogens is 1. The Morgan fingerprint density at radius 2 is 1.73 bits per heavy atom. The molecule has 1 saturated heterocycles. The van der Waals surface area contributed by atoms with Gasteiger partial charge >= 0.3 is 0 Å². The first-order valence-corrected chi connectivity index (χ1v) is 11.9. The molecule has 3 rings (SSSR count). The number of sulfonamides is 1. The summed E-state index contributed by atoms with van der Waals surface area (Å²) in [5.74, 6) is 0.403. The Balaban J connectivity index is 1.79. The van der Waals surface area contributed by atoms with Gasteiger partial charge in [0.2, 0.25) is 10.0 Å². The quantitative estimate of drug-likeness (QED) is 0.646. The number of amides is 1. The van der Waals surface area contributed by atoms with Gasteiger partial charge in [0.25, 0.3) is 5.91 Å². The van der Waals surface area contributed by atoms with E-state index >= 15 is 0 Å². The summed E-state index contributed by atoms with van der Waals surface area (Å²) in [7, 11) is -3.68. The Morgan fingerprint density at radius 1 is 1.07 bits per heavy atom. The highest BCUT2D eigenvalue weighted by Crippen LogP contribution is 2.26. The van der Waals surface area contributed by atoms with Gasteiger partial charge in [-0.25, -0.2) is 13.4 Å². The predicted molar refractivity (Wildman–Crippen MR) is 119 cm³/mol. The van der Waals surface area contributed by atoms with Crippen LogP contribution in [0.5, 0.6) is 0 Å². The van der Waals surface area contributed by atoms with Crippen LogP contribution in [0.1, 0.15) is 24.2 Å². The van der Waals surface area contributed by atoms with Crippen molar-refractivity contribution in [2.45, 2.75) is 18.7 Å². The summed E-state index contributed by atoms with van der Waals surface area (Å²) in [5, 5.41) is 0.795. The van der Waals surface area contributed by atoms with Crippen LogP contribution in [-0.4, -0.2) is 67.8 Å². The molecule has 30 heavy (non-hydrogen) atoms. The van der Waals surface area contributed by atoms with Crippen LogP contribution in [0.3, 0.4) is 0 Å². The average molecular weight is 471 g/mol. The number of carbonyl (C=O) groups excluding carboxylic acids is 1. The maximum Gasteiger partial charge on any atom is 0.255 e. The summed E-state index contributed by atoms with van der Waals surface area (Å²) < 4.78 is 27.0. The standard InChI is InChI=1S/C20H24Cl2N4O3S/c1-3-26(4-2)30(28,29)15-7-8-17(21)16(14-15)20(27)25-12-10-24(11-13-25)19-18(22)6-5-9-23-19/h5-9,14H,3-4,10-13H2,1-2H3. The molecule has 1 aromatic heterocycles. The summed E-state index contributed by atoms with van der Waals surface area (Å²) in [6.07, 6.45) is 1.68. The van der Waals surface area contributed by atoms with Gasteiger partial charge in [0, 0.05) is 45.5 Å². The lowest BCUT2D eigenvalue weighted by Gasteiger charge is -2.36. The minimum absolute atomic E-state index is 0.0675. The summed E-state index contributed by atoms with van der Waals surface area (Å²) in [6, 6.07) is 7.83. The minimum Gasteiger partial charge on any atom is -0.352 e. The van der Waals surface area contributed by atoms with Gasteiger partial charge in [-0.05, 0) is 30.3 Å². The molecule has 0 atom stereocenters. The van der Waals surface area contributed by atoms with Gasteiger partial charge < -0.3 is 9.80 Å². The number of pyridine rings is 1. The SMILES string of the molecule is CCN(CC)S(=O)(=O)c1ccc(Cl)c(C(=O)N2CCN(c3ncccc3Cl)CC2)c1. The van der Waals surface area contributed by atoms with Gasteiger partial charge in [0.15, 0.2) is 0 Å². The van der Waals surface area contributed by atoms with Crippen molar-refractivity contribution in [2.24, 2.45) is 0 Å². The maximum atomic E-state index is 13.1. The van der Waals surface area contributed by atoms with Gasteiger partial charge in [0.05, 0.1) is 20.5 Å². The Hall–Kier alpha value is -1.87. The lowest BCUT2D eigenvalue weighted by Crippen LogP contribution is -2.49. The number of carbonyl (C=O) groups is 1. The Bertz CT molecular complexity index is 1020. The highest BCUT2D eigenvalue weighted by Gasteiger charge is 2.28. The zero-order valence-electron chi connectivity index (χ0n) is 16.9. The zero-order valence-corrected chi connectivity index (χ0v) is 19.2. The van der Waals surface area contributed by atoms with E-state index in [2.05, 4.69) is 4.98 Å². The molecule has 1 aliphatic heterocycles. The number of piperazine rings is 1. The van der Waals surface area contributed by atoms with Crippen molar-refractivity contribution in [3.63, 3.8) is 0 Å². The lowest BCUT2D eigenvalue weighted by molar-refractivity contribution is 0.0746. The second-order valence-corrected chi connectivity index (χ2v) is 9.57. The number of rotatable bonds is 6. The van der Waals surface area contributed by atoms with Crippen LogP contribution in [-0.2, 0) is 10.0 Å². The first-order valence-electron chi connectivity index (χ1n) is 9.74. The number of hydrogen-bond acceptors (Lipinski definition) is 5. The van der Waals surface area contributed by atoms with E-state index in [1.54, 1.807) is 37.1 Å². The minimum atomic E-state index is -3.68. The van der Waals surface area contributed by atoms with E-state index in [4.69, 9.17) is 23.2 Å². The second-order valence-electron chi connectivity index (χ2n) is 6.82. The lowest BCUT2D eigenvalue weighted by atomic mass is 10.1. The molecule has 1 fully saturated rings. The van der Waals surface area contributed by atoms with Gasteiger partial charge in [-0.3, -0.25) is 4.79 Å². The van der Waals surface area contributed by atoms with Crippen molar-refractivity contribution in [1.82, 2.24) is 14.2 Å². The van der Waals surface area contributed by atoms with Crippen molar-refractivity contribution in [3.8, 4) is 0 Å². The van der Waals surface area contributed by atoms with Crippen molar-refractivity contribution in [1.29, 1.82) is 0 Å². The van der Waals surface area contributed by atoms with E-state index in [0.717, 1.165) is 0 Å². The van der Waals surface area contributed by atoms with E-state index < -0.39 is 10.0 Å². The first kappa shape index (κ1) is 22.8. The third-order valence-corrected chi connectivity index (χ3v) is 7.79. The fraction of sp³-hybridized carbons (Fsp3) is 0.400. The molecule has 0 unspecified atom stereocenters. The van der Waals surface area contributed by atoms with E-state index in [1.165, 1.54) is 22.5 Å². The van der Waals surface area contributed by atoms with Gasteiger partial charge in [0.1, 0.15) is 5.82 Å². The molecule has 1 aromatic carbocycles. The van der Waals surface area contributed by atoms with Crippen molar-refractivity contribution in [2.75, 3.05) is 44.2 Å². The normalized spacial score (nSPS) is 15.0. The Kier molecular flexibility index (Phi) is 7.23. The van der Waals surface area contributed by atoms with Crippen LogP contribution in [0.2, 0.25) is 10.0 Å². The zero-order chi connectivity index (χ0) is 21.9. The van der Waals surface area contributed by atoms with Crippen LogP contribution >= 0.6 is 23.2 Å². The smallest absolute Gasteiger partial charge is 0.255 e. The fourth-order valence-electron chi connectivity index (χ4n) is 3.44. The van der Waals surface area contributed by atoms with Crippen LogP contribution in [0.25, 0.3) is 0 Å². The highest BCUT2D eigenvalue weighted by molar-refractivity contribution is 7.89. The van der Waals surface area contributed by atoms with E-state index in [9.17, 15) is 13.2 Å². The summed E-state index contributed by atoms with van der Waals surface area (Å²) in [6.45, 7) is 6.29. The molecule has 7 nitrogen and oxygen atoms in total. The molecule has 2 heterocycles. The Labute approximate surface area is 187 Å². The first-order chi connectivity index (χ1) is 14.3. The fourth-order valence-corrected chi connectivity index (χ4v) is 5.37. The Morgan fingerprint density at radius 3 is 2.33 bits per heavy atom. The van der Waals surface area contributed by atoms with E-state index in [0.29, 0.717) is 50.1 Å². The van der Waals surface area contributed by atoms with Crippen LogP contribution < -0.4 is 4.90 Å². The number of halogens is 2. The monoisotopic (exact) mass is 470 g/mol. The number of anilines is 1. The molecule has 162 valence electrons. The molecule has 1 amide bonds. The highest BCUT2D eigenvalue weighted by atomic mass is 35.5. The summed E-state index contributed by atoms with van der Waals surface area (Å²) in [5.41, 5.74) is 0.189. The van der Waals surface area contributed by atoms with Crippen LogP contribution in [0.15, 0.2) is 41.4 Å². The molecule has 0 bridgehead atoms. The molecule has 2 aromatic rings. The third kappa shape index (κ3) is 4.56. The van der Waals surface area contributed by atoms with Crippen LogP contribution in [0.4, 0.5) is 5.82 Å². The number of nitrogens with zero attached hydrogens (tertiary/aromatic N) is 4. The molecule has 0 radical (unpaired) electrons. The summed E-state index contributed by atoms with van der Waals surface area (Å²) in [4.78, 5) is 21.2. The third-order valence-electron chi connectivity index (χ3n) is 5.12. The molecular weight excluding hydrogens is 447 g/mol. The second kappa shape index (κ2) is 9.51. The summed E-state index contributed by atoms with van der Waals surface area (Å²) >= 11 is 12.5.